The number of fused-ring (bicyclic) bond motifs is 1. The van der Waals surface area contributed by atoms with E-state index in [4.69, 9.17) is 4.42 Å². The second-order valence-electron chi connectivity index (χ2n) is 6.06. The van der Waals surface area contributed by atoms with Crippen LogP contribution < -0.4 is 5.32 Å². The van der Waals surface area contributed by atoms with Crippen molar-refractivity contribution in [2.24, 2.45) is 0 Å². The van der Waals surface area contributed by atoms with Gasteiger partial charge in [-0.2, -0.15) is 0 Å². The molecule has 3 aromatic rings. The number of Topliss-reactive ketones (excluding diaryl/α,β-unsaturated/α-hetero) is 1. The molecule has 6 nitrogen and oxygen atoms in total. The number of hydrogen-bond acceptors (Lipinski definition) is 5. The van der Waals surface area contributed by atoms with E-state index in [1.54, 1.807) is 12.3 Å². The maximum atomic E-state index is 13.3. The van der Waals surface area contributed by atoms with Crippen LogP contribution in [0, 0.1) is 5.82 Å². The van der Waals surface area contributed by atoms with E-state index < -0.39 is 11.7 Å². The monoisotopic (exact) mass is 351 g/mol. The summed E-state index contributed by atoms with van der Waals surface area (Å²) in [7, 11) is 0. The van der Waals surface area contributed by atoms with Gasteiger partial charge >= 0.3 is 0 Å². The third-order valence-electron chi connectivity index (χ3n) is 4.30. The molecule has 0 saturated heterocycles. The van der Waals surface area contributed by atoms with E-state index in [9.17, 15) is 14.0 Å². The summed E-state index contributed by atoms with van der Waals surface area (Å²) in [5.74, 6) is -0.369. The Bertz CT molecular complexity index is 985. The minimum absolute atomic E-state index is 0.0596. The highest BCUT2D eigenvalue weighted by Gasteiger charge is 2.29. The van der Waals surface area contributed by atoms with Crippen molar-refractivity contribution in [1.82, 2.24) is 9.97 Å². The highest BCUT2D eigenvalue weighted by atomic mass is 19.1. The molecule has 0 bridgehead atoms. The molecule has 130 valence electrons. The maximum absolute atomic E-state index is 13.3. The van der Waals surface area contributed by atoms with Gasteiger partial charge in [-0.25, -0.2) is 14.4 Å². The van der Waals surface area contributed by atoms with Crippen LogP contribution in [0.4, 0.5) is 10.3 Å². The van der Waals surface area contributed by atoms with Crippen LogP contribution in [0.3, 0.4) is 0 Å². The van der Waals surface area contributed by atoms with E-state index in [0.717, 1.165) is 11.8 Å². The Hall–Kier alpha value is -3.35. The first-order valence-electron chi connectivity index (χ1n) is 8.09. The van der Waals surface area contributed by atoms with Gasteiger partial charge in [0.15, 0.2) is 5.78 Å². The van der Waals surface area contributed by atoms with Crippen LogP contribution in [0.1, 0.15) is 44.5 Å². The number of hydrogen-bond donors (Lipinski definition) is 1. The summed E-state index contributed by atoms with van der Waals surface area (Å²) in [6, 6.07) is 8.94. The fourth-order valence-corrected chi connectivity index (χ4v) is 3.03. The summed E-state index contributed by atoms with van der Waals surface area (Å²) in [6.07, 6.45) is 3.84. The van der Waals surface area contributed by atoms with Crippen molar-refractivity contribution in [3.05, 3.63) is 77.3 Å². The average Bonchev–Trinajstić information content (AvgIpc) is 3.16. The second kappa shape index (κ2) is 6.51. The Morgan fingerprint density at radius 1 is 1.23 bits per heavy atom. The molecule has 4 rings (SSSR count). The van der Waals surface area contributed by atoms with Crippen LogP contribution in [0.25, 0.3) is 0 Å². The molecule has 1 aromatic carbocycles. The predicted octanol–water partition coefficient (Wildman–Crippen LogP) is 3.37. The normalized spacial score (nSPS) is 16.2. The molecule has 7 heteroatoms. The smallest absolute Gasteiger partial charge is 0.258 e. The van der Waals surface area contributed by atoms with Crippen molar-refractivity contribution in [2.45, 2.75) is 18.8 Å². The van der Waals surface area contributed by atoms with Crippen LogP contribution >= 0.6 is 0 Å². The molecule has 26 heavy (non-hydrogen) atoms. The van der Waals surface area contributed by atoms with Gasteiger partial charge in [0, 0.05) is 30.5 Å². The van der Waals surface area contributed by atoms with Gasteiger partial charge in [-0.15, -0.1) is 0 Å². The summed E-state index contributed by atoms with van der Waals surface area (Å²) in [4.78, 5) is 32.9. The summed E-state index contributed by atoms with van der Waals surface area (Å²) >= 11 is 0. The summed E-state index contributed by atoms with van der Waals surface area (Å²) in [5.41, 5.74) is 1.18. The number of aromatic nitrogens is 2. The van der Waals surface area contributed by atoms with E-state index in [2.05, 4.69) is 15.3 Å². The molecule has 0 unspecified atom stereocenters. The Morgan fingerprint density at radius 2 is 2.12 bits per heavy atom. The molecule has 0 fully saturated rings. The summed E-state index contributed by atoms with van der Waals surface area (Å²) in [5, 5.41) is 2.54. The molecule has 1 aliphatic carbocycles. The number of amides is 1. The molecule has 1 atom stereocenters. The molecular formula is C19H14FN3O3. The van der Waals surface area contributed by atoms with E-state index in [1.165, 1.54) is 24.4 Å². The quantitative estimate of drug-likeness (QED) is 0.782. The largest absolute Gasteiger partial charge is 0.469 e. The van der Waals surface area contributed by atoms with E-state index in [0.29, 0.717) is 24.1 Å². The maximum Gasteiger partial charge on any atom is 0.258 e. The number of nitrogens with zero attached hydrogens (tertiary/aromatic N) is 2. The van der Waals surface area contributed by atoms with E-state index in [-0.39, 0.29) is 23.2 Å². The molecule has 2 heterocycles. The Labute approximate surface area is 148 Å². The first-order valence-corrected chi connectivity index (χ1v) is 8.09. The van der Waals surface area contributed by atoms with Gasteiger partial charge in [0.25, 0.3) is 5.91 Å². The number of ketones is 1. The van der Waals surface area contributed by atoms with Gasteiger partial charge in [0.05, 0.1) is 17.5 Å². The molecular weight excluding hydrogens is 337 g/mol. The van der Waals surface area contributed by atoms with Crippen LogP contribution in [-0.2, 0) is 6.42 Å². The molecule has 0 spiro atoms. The predicted molar refractivity (Wildman–Crippen MR) is 90.5 cm³/mol. The van der Waals surface area contributed by atoms with Crippen LogP contribution in [0.5, 0.6) is 0 Å². The first-order chi connectivity index (χ1) is 12.6. The number of benzene rings is 1. The zero-order chi connectivity index (χ0) is 18.1. The van der Waals surface area contributed by atoms with Crippen LogP contribution in [-0.4, -0.2) is 21.7 Å². The molecule has 1 N–H and O–H groups in total. The lowest BCUT2D eigenvalue weighted by Gasteiger charge is -2.21. The zero-order valence-electron chi connectivity index (χ0n) is 13.6. The first kappa shape index (κ1) is 16.1. The molecule has 2 aromatic heterocycles. The highest BCUT2D eigenvalue weighted by molar-refractivity contribution is 6.03. The number of carbonyl (C=O) groups is 2. The van der Waals surface area contributed by atoms with Gasteiger partial charge in [0.1, 0.15) is 11.6 Å². The number of nitrogens with one attached hydrogen (secondary N) is 1. The third-order valence-corrected chi connectivity index (χ3v) is 4.30. The molecule has 0 radical (unpaired) electrons. The SMILES string of the molecule is O=C(Nc1ncc2c(n1)C[C@@H](c1ccco1)CC2=O)c1cccc(F)c1. The van der Waals surface area contributed by atoms with E-state index >= 15 is 0 Å². The van der Waals surface area contributed by atoms with Crippen LogP contribution in [0.15, 0.2) is 53.3 Å². The van der Waals surface area contributed by atoms with Crippen molar-refractivity contribution >= 4 is 17.6 Å². The number of rotatable bonds is 3. The topological polar surface area (TPSA) is 85.1 Å². The fraction of sp³-hybridized carbons (Fsp3) is 0.158. The van der Waals surface area contributed by atoms with Crippen molar-refractivity contribution in [1.29, 1.82) is 0 Å². The zero-order valence-corrected chi connectivity index (χ0v) is 13.6. The standard InChI is InChI=1S/C19H14FN3O3/c20-13-4-1-3-11(7-13)18(25)23-19-21-10-14-15(22-19)8-12(9-16(14)24)17-5-2-6-26-17/h1-7,10,12H,8-9H2,(H,21,22,23,25)/t12-/m1/s1. The van der Waals surface area contributed by atoms with Crippen LogP contribution in [0.2, 0.25) is 0 Å². The minimum atomic E-state index is -0.519. The molecule has 1 aliphatic rings. The number of halogens is 1. The van der Waals surface area contributed by atoms with Crippen molar-refractivity contribution in [3.8, 4) is 0 Å². The minimum Gasteiger partial charge on any atom is -0.469 e. The lowest BCUT2D eigenvalue weighted by Crippen LogP contribution is -2.22. The number of carbonyl (C=O) groups excluding carboxylic acids is 2. The van der Waals surface area contributed by atoms with Gasteiger partial charge in [0.2, 0.25) is 5.95 Å². The van der Waals surface area contributed by atoms with Gasteiger partial charge in [-0.05, 0) is 30.3 Å². The second-order valence-corrected chi connectivity index (χ2v) is 6.06. The number of furan rings is 1. The fourth-order valence-electron chi connectivity index (χ4n) is 3.03. The molecule has 0 aliphatic heterocycles. The number of anilines is 1. The van der Waals surface area contributed by atoms with Crippen molar-refractivity contribution in [3.63, 3.8) is 0 Å². The van der Waals surface area contributed by atoms with Gasteiger partial charge in [-0.3, -0.25) is 14.9 Å². The average molecular weight is 351 g/mol. The van der Waals surface area contributed by atoms with E-state index in [1.807, 2.05) is 6.07 Å². The molecule has 1 amide bonds. The summed E-state index contributed by atoms with van der Waals surface area (Å²) in [6.45, 7) is 0. The highest BCUT2D eigenvalue weighted by Crippen LogP contribution is 2.32. The van der Waals surface area contributed by atoms with Crippen molar-refractivity contribution in [2.75, 3.05) is 5.32 Å². The lowest BCUT2D eigenvalue weighted by atomic mass is 9.85. The third kappa shape index (κ3) is 3.11. The lowest BCUT2D eigenvalue weighted by molar-refractivity contribution is 0.0958. The van der Waals surface area contributed by atoms with Gasteiger partial charge < -0.3 is 4.42 Å². The van der Waals surface area contributed by atoms with Crippen molar-refractivity contribution < 1.29 is 18.4 Å². The Kier molecular flexibility index (Phi) is 4.04. The summed E-state index contributed by atoms with van der Waals surface area (Å²) < 4.78 is 18.7. The molecule has 0 saturated carbocycles. The Balaban J connectivity index is 1.58. The van der Waals surface area contributed by atoms with Gasteiger partial charge in [-0.1, -0.05) is 6.07 Å². The Morgan fingerprint density at radius 3 is 2.88 bits per heavy atom.